The number of nitrogens with one attached hydrogen (secondary N) is 1. The van der Waals surface area contributed by atoms with E-state index in [1.165, 1.54) is 6.08 Å². The molecule has 0 fully saturated rings. The lowest BCUT2D eigenvalue weighted by Gasteiger charge is -2.11. The molecular formula is C7H11F3N2O. The Morgan fingerprint density at radius 3 is 2.54 bits per heavy atom. The Morgan fingerprint density at radius 1 is 1.62 bits per heavy atom. The van der Waals surface area contributed by atoms with Crippen LogP contribution in [0.2, 0.25) is 0 Å². The van der Waals surface area contributed by atoms with E-state index >= 15 is 0 Å². The van der Waals surface area contributed by atoms with Crippen molar-refractivity contribution in [2.24, 2.45) is 5.73 Å². The number of hydrogen-bond acceptors (Lipinski definition) is 2. The Balaban J connectivity index is 3.81. The van der Waals surface area contributed by atoms with Crippen LogP contribution in [0.5, 0.6) is 0 Å². The molecule has 0 saturated carbocycles. The summed E-state index contributed by atoms with van der Waals surface area (Å²) in [6.45, 7) is 1.96. The van der Waals surface area contributed by atoms with E-state index in [2.05, 4.69) is 6.58 Å². The van der Waals surface area contributed by atoms with Crippen molar-refractivity contribution in [1.29, 1.82) is 0 Å². The predicted octanol–water partition coefficient (Wildman–Crippen LogP) is 0.568. The topological polar surface area (TPSA) is 55.1 Å². The molecule has 0 rings (SSSR count). The first kappa shape index (κ1) is 12.0. The van der Waals surface area contributed by atoms with Crippen molar-refractivity contribution in [3.05, 3.63) is 12.7 Å². The van der Waals surface area contributed by atoms with Crippen LogP contribution in [0.4, 0.5) is 13.2 Å². The molecule has 0 heterocycles. The minimum atomic E-state index is -4.40. The van der Waals surface area contributed by atoms with E-state index in [9.17, 15) is 18.0 Å². The van der Waals surface area contributed by atoms with Crippen molar-refractivity contribution in [3.63, 3.8) is 0 Å². The zero-order valence-electron chi connectivity index (χ0n) is 6.90. The van der Waals surface area contributed by atoms with Gasteiger partial charge in [-0.25, -0.2) is 0 Å². The van der Waals surface area contributed by atoms with Gasteiger partial charge in [-0.05, 0) is 6.42 Å². The third-order valence-corrected chi connectivity index (χ3v) is 1.22. The lowest BCUT2D eigenvalue weighted by molar-refractivity contribution is -0.139. The van der Waals surface area contributed by atoms with E-state index in [1.54, 1.807) is 5.32 Å². The molecule has 3 nitrogen and oxygen atoms in total. The molecule has 0 spiro atoms. The average molecular weight is 196 g/mol. The number of carbonyl (C=O) groups excluding carboxylic acids is 1. The first-order chi connectivity index (χ1) is 5.87. The van der Waals surface area contributed by atoms with Crippen LogP contribution in [0.15, 0.2) is 12.7 Å². The quantitative estimate of drug-likeness (QED) is 0.646. The predicted molar refractivity (Wildman–Crippen MR) is 41.9 cm³/mol. The molecule has 0 aromatic rings. The van der Waals surface area contributed by atoms with Gasteiger partial charge in [0.25, 0.3) is 0 Å². The molecule has 0 saturated heterocycles. The Kier molecular flexibility index (Phi) is 4.47. The van der Waals surface area contributed by atoms with Gasteiger partial charge in [0.05, 0.1) is 6.04 Å². The number of halogens is 3. The van der Waals surface area contributed by atoms with Crippen LogP contribution in [-0.4, -0.2) is 24.7 Å². The molecule has 6 heteroatoms. The fourth-order valence-corrected chi connectivity index (χ4v) is 0.605. The summed E-state index contributed by atoms with van der Waals surface area (Å²) >= 11 is 0. The normalized spacial score (nSPS) is 13.5. The zero-order valence-corrected chi connectivity index (χ0v) is 6.90. The molecule has 76 valence electrons. The Hall–Kier alpha value is -1.04. The van der Waals surface area contributed by atoms with Gasteiger partial charge in [-0.1, -0.05) is 6.08 Å². The minimum Gasteiger partial charge on any atom is -0.346 e. The van der Waals surface area contributed by atoms with Crippen LogP contribution in [0.1, 0.15) is 6.42 Å². The first-order valence-corrected chi connectivity index (χ1v) is 3.57. The number of carbonyl (C=O) groups is 1. The van der Waals surface area contributed by atoms with E-state index in [0.717, 1.165) is 0 Å². The van der Waals surface area contributed by atoms with Crippen LogP contribution in [0, 0.1) is 0 Å². The van der Waals surface area contributed by atoms with Gasteiger partial charge in [0.15, 0.2) is 0 Å². The van der Waals surface area contributed by atoms with Gasteiger partial charge in [-0.15, -0.1) is 6.58 Å². The summed E-state index contributed by atoms with van der Waals surface area (Å²) in [6, 6.07) is -0.958. The molecule has 3 N–H and O–H groups in total. The summed E-state index contributed by atoms with van der Waals surface area (Å²) in [5.41, 5.74) is 5.21. The summed E-state index contributed by atoms with van der Waals surface area (Å²) in [5.74, 6) is -0.822. The summed E-state index contributed by atoms with van der Waals surface area (Å²) in [7, 11) is 0. The van der Waals surface area contributed by atoms with E-state index in [0.29, 0.717) is 0 Å². The molecule has 1 amide bonds. The number of alkyl halides is 3. The maximum atomic E-state index is 11.6. The van der Waals surface area contributed by atoms with E-state index in [-0.39, 0.29) is 6.42 Å². The fourth-order valence-electron chi connectivity index (χ4n) is 0.605. The smallest absolute Gasteiger partial charge is 0.346 e. The molecule has 1 unspecified atom stereocenters. The second kappa shape index (κ2) is 4.86. The Morgan fingerprint density at radius 2 is 2.15 bits per heavy atom. The molecule has 0 radical (unpaired) electrons. The van der Waals surface area contributed by atoms with Gasteiger partial charge < -0.3 is 11.1 Å². The number of hydrogen-bond donors (Lipinski definition) is 2. The number of rotatable bonds is 4. The van der Waals surface area contributed by atoms with Gasteiger partial charge in [0.1, 0.15) is 6.54 Å². The summed E-state index contributed by atoms with van der Waals surface area (Å²) in [5, 5.41) is 1.67. The molecular weight excluding hydrogens is 185 g/mol. The van der Waals surface area contributed by atoms with Crippen LogP contribution >= 0.6 is 0 Å². The monoisotopic (exact) mass is 196 g/mol. The number of amides is 1. The standard InChI is InChI=1S/C7H11F3N2O/c1-2-3-5(11)6(13)12-4-7(8,9)10/h2,5H,1,3-4,11H2,(H,12,13). The molecule has 0 aliphatic carbocycles. The second-order valence-electron chi connectivity index (χ2n) is 2.46. The van der Waals surface area contributed by atoms with Gasteiger partial charge in [0, 0.05) is 0 Å². The fraction of sp³-hybridized carbons (Fsp3) is 0.571. The summed E-state index contributed by atoms with van der Waals surface area (Å²) in [4.78, 5) is 10.8. The largest absolute Gasteiger partial charge is 0.405 e. The third-order valence-electron chi connectivity index (χ3n) is 1.22. The van der Waals surface area contributed by atoms with Crippen molar-refractivity contribution in [1.82, 2.24) is 5.32 Å². The highest BCUT2D eigenvalue weighted by atomic mass is 19.4. The van der Waals surface area contributed by atoms with E-state index in [1.807, 2.05) is 0 Å². The summed E-state index contributed by atoms with van der Waals surface area (Å²) < 4.78 is 34.8. The lowest BCUT2D eigenvalue weighted by Crippen LogP contribution is -2.43. The third kappa shape index (κ3) is 6.15. The Labute approximate surface area is 73.8 Å². The lowest BCUT2D eigenvalue weighted by atomic mass is 10.2. The van der Waals surface area contributed by atoms with Crippen LogP contribution in [-0.2, 0) is 4.79 Å². The second-order valence-corrected chi connectivity index (χ2v) is 2.46. The van der Waals surface area contributed by atoms with Crippen molar-refractivity contribution in [3.8, 4) is 0 Å². The molecule has 0 aliphatic rings. The van der Waals surface area contributed by atoms with E-state index in [4.69, 9.17) is 5.73 Å². The van der Waals surface area contributed by atoms with Gasteiger partial charge in [-0.2, -0.15) is 13.2 Å². The average Bonchev–Trinajstić information content (AvgIpc) is 1.99. The van der Waals surface area contributed by atoms with Crippen LogP contribution in [0.3, 0.4) is 0 Å². The minimum absolute atomic E-state index is 0.156. The maximum Gasteiger partial charge on any atom is 0.405 e. The van der Waals surface area contributed by atoms with Crippen LogP contribution < -0.4 is 11.1 Å². The highest BCUT2D eigenvalue weighted by Gasteiger charge is 2.28. The molecule has 0 aromatic heterocycles. The van der Waals surface area contributed by atoms with Crippen molar-refractivity contribution in [2.45, 2.75) is 18.6 Å². The molecule has 1 atom stereocenters. The van der Waals surface area contributed by atoms with Crippen molar-refractivity contribution < 1.29 is 18.0 Å². The first-order valence-electron chi connectivity index (χ1n) is 3.57. The molecule has 0 bridgehead atoms. The number of nitrogens with two attached hydrogens (primary N) is 1. The zero-order chi connectivity index (χ0) is 10.5. The van der Waals surface area contributed by atoms with Crippen molar-refractivity contribution in [2.75, 3.05) is 6.54 Å². The van der Waals surface area contributed by atoms with Gasteiger partial charge >= 0.3 is 6.18 Å². The van der Waals surface area contributed by atoms with Gasteiger partial charge in [0.2, 0.25) is 5.91 Å². The highest BCUT2D eigenvalue weighted by molar-refractivity contribution is 5.81. The highest BCUT2D eigenvalue weighted by Crippen LogP contribution is 2.12. The van der Waals surface area contributed by atoms with Crippen LogP contribution in [0.25, 0.3) is 0 Å². The molecule has 0 aromatic carbocycles. The molecule has 0 aliphatic heterocycles. The van der Waals surface area contributed by atoms with Crippen molar-refractivity contribution >= 4 is 5.91 Å². The maximum absolute atomic E-state index is 11.6. The summed E-state index contributed by atoms with van der Waals surface area (Å²) in [6.07, 6.45) is -2.87. The van der Waals surface area contributed by atoms with Gasteiger partial charge in [-0.3, -0.25) is 4.79 Å². The SMILES string of the molecule is C=CCC(N)C(=O)NCC(F)(F)F. The molecule has 13 heavy (non-hydrogen) atoms. The van der Waals surface area contributed by atoms with E-state index < -0.39 is 24.7 Å². The Bertz CT molecular complexity index is 191.